The number of nitrogens with zero attached hydrogens (tertiary/aromatic N) is 1. The molecule has 1 fully saturated rings. The minimum atomic E-state index is -2.42. The normalized spacial score (nSPS) is 19.0. The van der Waals surface area contributed by atoms with Gasteiger partial charge in [-0.15, -0.1) is 0 Å². The summed E-state index contributed by atoms with van der Waals surface area (Å²) in [5, 5.41) is 14.4. The second kappa shape index (κ2) is 12.7. The van der Waals surface area contributed by atoms with Crippen LogP contribution in [0, 0.1) is 11.3 Å². The second-order valence-corrected chi connectivity index (χ2v) is 14.0. The smallest absolute Gasteiger partial charge is 0.322 e. The number of benzene rings is 2. The number of carbonyl (C=O) groups is 3. The Labute approximate surface area is 232 Å². The molecule has 3 rings (SSSR count). The first-order valence-electron chi connectivity index (χ1n) is 13.3. The molecular formula is C30H41N3O5S. The molecule has 0 aromatic heterocycles. The minimum absolute atomic E-state index is 0.0589. The molecule has 1 aliphatic rings. The zero-order valence-corrected chi connectivity index (χ0v) is 24.2. The van der Waals surface area contributed by atoms with Gasteiger partial charge in [0.2, 0.25) is 0 Å². The van der Waals surface area contributed by atoms with Crippen LogP contribution in [0.1, 0.15) is 68.8 Å². The molecule has 1 atom stereocenters. The van der Waals surface area contributed by atoms with Crippen LogP contribution in [0.2, 0.25) is 0 Å². The molecule has 3 N–H and O–H groups in total. The molecule has 2 aromatic carbocycles. The Morgan fingerprint density at radius 2 is 1.69 bits per heavy atom. The van der Waals surface area contributed by atoms with Gasteiger partial charge in [0.1, 0.15) is 0 Å². The number of hydrogen-bond acceptors (Lipinski definition) is 4. The van der Waals surface area contributed by atoms with Crippen molar-refractivity contribution < 1.29 is 23.7 Å². The topological polar surface area (TPSA) is 116 Å². The highest BCUT2D eigenvalue weighted by Crippen LogP contribution is 2.39. The number of carbonyl (C=O) groups excluding carboxylic acids is 2. The van der Waals surface area contributed by atoms with Gasteiger partial charge in [-0.3, -0.25) is 13.8 Å². The third-order valence-corrected chi connectivity index (χ3v) is 8.65. The number of aliphatic carboxylic acids is 1. The molecular weight excluding hydrogens is 514 g/mol. The lowest BCUT2D eigenvalue weighted by Gasteiger charge is -2.41. The summed E-state index contributed by atoms with van der Waals surface area (Å²) in [6.45, 7) is 7.23. The number of rotatable bonds is 9. The van der Waals surface area contributed by atoms with Crippen molar-refractivity contribution >= 4 is 39.0 Å². The Bertz CT molecular complexity index is 1270. The molecule has 3 amide bonds. The van der Waals surface area contributed by atoms with Gasteiger partial charge in [0, 0.05) is 41.5 Å². The molecule has 1 aliphatic carbocycles. The van der Waals surface area contributed by atoms with Crippen molar-refractivity contribution in [1.82, 2.24) is 10.2 Å². The van der Waals surface area contributed by atoms with Crippen LogP contribution in [0.4, 0.5) is 10.5 Å². The van der Waals surface area contributed by atoms with Gasteiger partial charge in [0.05, 0.1) is 6.42 Å². The molecule has 0 spiro atoms. The van der Waals surface area contributed by atoms with Crippen LogP contribution < -0.4 is 10.6 Å². The SMILES string of the molecule is C=S(C)(=O)c1cccc(NC(=O)N(Cc2ccc(C(=O)NCCC(=O)O)cc2)C2CCC(C(C)(C)C)CC2)c1. The molecule has 0 bridgehead atoms. The Morgan fingerprint density at radius 3 is 2.26 bits per heavy atom. The lowest BCUT2D eigenvalue weighted by Crippen LogP contribution is -2.45. The Hall–Kier alpha value is -3.33. The Balaban J connectivity index is 1.77. The number of nitrogens with one attached hydrogen (secondary N) is 2. The van der Waals surface area contributed by atoms with E-state index in [1.807, 2.05) is 17.0 Å². The van der Waals surface area contributed by atoms with E-state index in [9.17, 15) is 18.6 Å². The van der Waals surface area contributed by atoms with Crippen LogP contribution in [0.25, 0.3) is 0 Å². The van der Waals surface area contributed by atoms with Gasteiger partial charge >= 0.3 is 12.0 Å². The first-order chi connectivity index (χ1) is 18.2. The van der Waals surface area contributed by atoms with E-state index in [-0.39, 0.29) is 36.4 Å². The molecule has 212 valence electrons. The van der Waals surface area contributed by atoms with E-state index >= 15 is 0 Å². The molecule has 0 radical (unpaired) electrons. The van der Waals surface area contributed by atoms with Crippen molar-refractivity contribution in [1.29, 1.82) is 0 Å². The maximum Gasteiger partial charge on any atom is 0.322 e. The predicted octanol–water partition coefficient (Wildman–Crippen LogP) is 5.24. The molecule has 0 aliphatic heterocycles. The number of anilines is 1. The van der Waals surface area contributed by atoms with Crippen LogP contribution in [-0.2, 0) is 20.9 Å². The maximum atomic E-state index is 13.6. The highest BCUT2D eigenvalue weighted by atomic mass is 32.2. The molecule has 1 saturated carbocycles. The summed E-state index contributed by atoms with van der Waals surface area (Å²) in [5.74, 6) is 3.04. The van der Waals surface area contributed by atoms with Gasteiger partial charge in [-0.05, 0) is 88.3 Å². The van der Waals surface area contributed by atoms with E-state index in [0.29, 0.717) is 28.6 Å². The van der Waals surface area contributed by atoms with Gasteiger partial charge in [-0.2, -0.15) is 0 Å². The van der Waals surface area contributed by atoms with Gasteiger partial charge in [-0.1, -0.05) is 39.0 Å². The third kappa shape index (κ3) is 8.85. The van der Waals surface area contributed by atoms with Crippen LogP contribution in [0.15, 0.2) is 53.4 Å². The quantitative estimate of drug-likeness (QED) is 0.366. The number of hydrogen-bond donors (Lipinski definition) is 3. The summed E-state index contributed by atoms with van der Waals surface area (Å²) in [6.07, 6.45) is 5.33. The molecule has 39 heavy (non-hydrogen) atoms. The zero-order valence-electron chi connectivity index (χ0n) is 23.4. The lowest BCUT2D eigenvalue weighted by atomic mass is 9.71. The van der Waals surface area contributed by atoms with E-state index < -0.39 is 15.5 Å². The van der Waals surface area contributed by atoms with E-state index in [2.05, 4.69) is 37.3 Å². The monoisotopic (exact) mass is 555 g/mol. The summed E-state index contributed by atoms with van der Waals surface area (Å²) >= 11 is 0. The molecule has 2 aromatic rings. The fraction of sp³-hybridized carbons (Fsp3) is 0.467. The summed E-state index contributed by atoms with van der Waals surface area (Å²) in [5.41, 5.74) is 2.10. The fourth-order valence-corrected chi connectivity index (χ4v) is 5.74. The van der Waals surface area contributed by atoms with Gasteiger partial charge in [0.25, 0.3) is 5.91 Å². The van der Waals surface area contributed by atoms with Crippen molar-refractivity contribution in [3.05, 3.63) is 59.7 Å². The van der Waals surface area contributed by atoms with Gasteiger partial charge in [0.15, 0.2) is 0 Å². The molecule has 0 saturated heterocycles. The molecule has 8 nitrogen and oxygen atoms in total. The highest BCUT2D eigenvalue weighted by molar-refractivity contribution is 7.99. The van der Waals surface area contributed by atoms with Gasteiger partial charge < -0.3 is 20.6 Å². The second-order valence-electron chi connectivity index (χ2n) is 11.6. The summed E-state index contributed by atoms with van der Waals surface area (Å²) < 4.78 is 12.4. The largest absolute Gasteiger partial charge is 0.481 e. The zero-order chi connectivity index (χ0) is 28.8. The highest BCUT2D eigenvalue weighted by Gasteiger charge is 2.33. The summed E-state index contributed by atoms with van der Waals surface area (Å²) in [7, 11) is -2.42. The van der Waals surface area contributed by atoms with E-state index in [1.54, 1.807) is 42.7 Å². The predicted molar refractivity (Wildman–Crippen MR) is 157 cm³/mol. The average molecular weight is 556 g/mol. The van der Waals surface area contributed by atoms with E-state index in [1.165, 1.54) is 0 Å². The number of urea groups is 1. The van der Waals surface area contributed by atoms with Crippen molar-refractivity contribution in [3.8, 4) is 0 Å². The summed E-state index contributed by atoms with van der Waals surface area (Å²) in [4.78, 5) is 39.1. The van der Waals surface area contributed by atoms with Crippen LogP contribution in [0.5, 0.6) is 0 Å². The number of carboxylic acids is 1. The summed E-state index contributed by atoms with van der Waals surface area (Å²) in [6, 6.07) is 13.8. The molecule has 0 heterocycles. The van der Waals surface area contributed by atoms with Crippen molar-refractivity contribution in [2.45, 2.75) is 70.4 Å². The maximum absolute atomic E-state index is 13.6. The minimum Gasteiger partial charge on any atom is -0.481 e. The Morgan fingerprint density at radius 1 is 1.05 bits per heavy atom. The third-order valence-electron chi connectivity index (χ3n) is 7.40. The van der Waals surface area contributed by atoms with Crippen LogP contribution in [-0.4, -0.2) is 56.8 Å². The van der Waals surface area contributed by atoms with Crippen LogP contribution in [0.3, 0.4) is 0 Å². The van der Waals surface area contributed by atoms with E-state index in [4.69, 9.17) is 5.11 Å². The van der Waals surface area contributed by atoms with Crippen LogP contribution >= 0.6 is 0 Å². The van der Waals surface area contributed by atoms with Crippen molar-refractivity contribution in [2.24, 2.45) is 11.3 Å². The first kappa shape index (κ1) is 30.2. The van der Waals surface area contributed by atoms with Crippen molar-refractivity contribution in [2.75, 3.05) is 18.1 Å². The lowest BCUT2D eigenvalue weighted by molar-refractivity contribution is -0.136. The number of amides is 3. The van der Waals surface area contributed by atoms with Crippen molar-refractivity contribution in [3.63, 3.8) is 0 Å². The standard InChI is InChI=1S/C30H41N3O5S/c1-30(2,3)23-13-15-25(16-14-23)33(29(37)32-24-7-6-8-26(19-24)39(4,5)38)20-21-9-11-22(12-10-21)28(36)31-18-17-27(34)35/h6-12,19,23,25H,4,13-18,20H2,1-3,5H3,(H,31,36)(H,32,37)(H,34,35). The molecule has 1 unspecified atom stereocenters. The fourth-order valence-electron chi connectivity index (χ4n) is 5.00. The van der Waals surface area contributed by atoms with Gasteiger partial charge in [-0.25, -0.2) is 4.79 Å². The van der Waals surface area contributed by atoms with E-state index in [0.717, 1.165) is 31.2 Å². The number of carboxylic acid groups (broad SMARTS) is 1. The average Bonchev–Trinajstić information content (AvgIpc) is 2.86. The molecule has 9 heteroatoms. The Kier molecular flexibility index (Phi) is 9.83. The first-order valence-corrected chi connectivity index (χ1v) is 15.5.